The minimum absolute atomic E-state index is 0.00761. The van der Waals surface area contributed by atoms with Gasteiger partial charge in [0.15, 0.2) is 0 Å². The number of benzene rings is 2. The Kier molecular flexibility index (Phi) is 4.12. The van der Waals surface area contributed by atoms with Crippen molar-refractivity contribution < 1.29 is 14.5 Å². The summed E-state index contributed by atoms with van der Waals surface area (Å²) >= 11 is 0. The van der Waals surface area contributed by atoms with Crippen LogP contribution in [0.1, 0.15) is 43.2 Å². The number of ether oxygens (including phenoxy) is 1. The van der Waals surface area contributed by atoms with Crippen molar-refractivity contribution >= 4 is 11.8 Å². The molecule has 0 spiro atoms. The number of alkyl carbamates (subject to hydrolysis) is 1. The highest BCUT2D eigenvalue weighted by atomic mass is 16.6. The molecule has 150 valence electrons. The average molecular weight is 392 g/mol. The van der Waals surface area contributed by atoms with Gasteiger partial charge in [-0.3, -0.25) is 10.1 Å². The van der Waals surface area contributed by atoms with E-state index in [2.05, 4.69) is 5.32 Å². The van der Waals surface area contributed by atoms with Crippen molar-refractivity contribution in [2.24, 2.45) is 11.8 Å². The van der Waals surface area contributed by atoms with Gasteiger partial charge in [-0.15, -0.1) is 0 Å². The summed E-state index contributed by atoms with van der Waals surface area (Å²) in [5, 5.41) is 14.2. The molecule has 4 bridgehead atoms. The van der Waals surface area contributed by atoms with Gasteiger partial charge in [0.05, 0.1) is 4.92 Å². The zero-order valence-corrected chi connectivity index (χ0v) is 16.2. The lowest BCUT2D eigenvalue weighted by molar-refractivity contribution is -0.384. The molecular formula is C23H24N2O4. The Hall–Kier alpha value is -2.89. The largest absolute Gasteiger partial charge is 0.445 e. The van der Waals surface area contributed by atoms with Crippen molar-refractivity contribution in [3.63, 3.8) is 0 Å². The molecule has 1 amide bonds. The molecule has 4 aliphatic rings. The van der Waals surface area contributed by atoms with E-state index in [9.17, 15) is 14.9 Å². The van der Waals surface area contributed by atoms with Gasteiger partial charge in [-0.25, -0.2) is 4.79 Å². The molecule has 0 heterocycles. The molecule has 29 heavy (non-hydrogen) atoms. The first-order chi connectivity index (χ1) is 14.0. The molecule has 6 nitrogen and oxygen atoms in total. The lowest BCUT2D eigenvalue weighted by Crippen LogP contribution is -2.51. The number of nitro benzene ring substituents is 1. The summed E-state index contributed by atoms with van der Waals surface area (Å²) in [5.74, 6) is 1.04. The van der Waals surface area contributed by atoms with Crippen molar-refractivity contribution in [1.29, 1.82) is 0 Å². The van der Waals surface area contributed by atoms with Crippen LogP contribution in [0.2, 0.25) is 0 Å². The summed E-state index contributed by atoms with van der Waals surface area (Å²) < 4.78 is 5.50. The maximum atomic E-state index is 12.6. The standard InChI is InChI=1S/C23H24N2O4/c26-21(29-14-16-4-2-1-3-5-16)24-23-12-17-10-19(23)13-22(11-17,15-23)18-6-8-20(9-7-18)25(27)28/h1-9,17,19H,10-15H2,(H,24,26). The van der Waals surface area contributed by atoms with Gasteiger partial charge < -0.3 is 10.1 Å². The summed E-state index contributed by atoms with van der Waals surface area (Å²) in [6.45, 7) is 0.268. The molecule has 4 aliphatic carbocycles. The number of hydrogen-bond acceptors (Lipinski definition) is 4. The van der Waals surface area contributed by atoms with E-state index in [1.165, 1.54) is 5.56 Å². The SMILES string of the molecule is O=C(NC12CC3CC1CC(c1ccc([N+](=O)[O-])cc1)(C3)C2)OCc1ccccc1. The van der Waals surface area contributed by atoms with E-state index >= 15 is 0 Å². The number of non-ortho nitro benzene ring substituents is 1. The number of carbonyl (C=O) groups is 1. The smallest absolute Gasteiger partial charge is 0.407 e. The summed E-state index contributed by atoms with van der Waals surface area (Å²) in [5.41, 5.74) is 2.06. The van der Waals surface area contributed by atoms with Crippen LogP contribution in [0.4, 0.5) is 10.5 Å². The zero-order valence-electron chi connectivity index (χ0n) is 16.2. The summed E-state index contributed by atoms with van der Waals surface area (Å²) in [7, 11) is 0. The van der Waals surface area contributed by atoms with Crippen LogP contribution in [0.15, 0.2) is 54.6 Å². The highest BCUT2D eigenvalue weighted by Gasteiger charge is 2.65. The molecule has 0 radical (unpaired) electrons. The van der Waals surface area contributed by atoms with E-state index in [1.54, 1.807) is 12.1 Å². The number of rotatable bonds is 5. The highest BCUT2D eigenvalue weighted by molar-refractivity contribution is 5.69. The number of carbonyl (C=O) groups excluding carboxylic acids is 1. The highest BCUT2D eigenvalue weighted by Crippen LogP contribution is 2.66. The van der Waals surface area contributed by atoms with Crippen molar-refractivity contribution in [3.05, 3.63) is 75.8 Å². The zero-order chi connectivity index (χ0) is 20.1. The maximum Gasteiger partial charge on any atom is 0.407 e. The van der Waals surface area contributed by atoms with Crippen LogP contribution in [-0.4, -0.2) is 16.6 Å². The van der Waals surface area contributed by atoms with Crippen LogP contribution in [-0.2, 0) is 16.8 Å². The molecule has 2 aromatic rings. The minimum atomic E-state index is -0.358. The van der Waals surface area contributed by atoms with Crippen LogP contribution in [0.3, 0.4) is 0 Å². The van der Waals surface area contributed by atoms with Gasteiger partial charge in [-0.2, -0.15) is 0 Å². The fraction of sp³-hybridized carbons (Fsp3) is 0.435. The summed E-state index contributed by atoms with van der Waals surface area (Å²) in [4.78, 5) is 23.2. The Balaban J connectivity index is 1.31. The Morgan fingerprint density at radius 1 is 1.10 bits per heavy atom. The van der Waals surface area contributed by atoms with Crippen molar-refractivity contribution in [1.82, 2.24) is 5.32 Å². The van der Waals surface area contributed by atoms with Crippen LogP contribution < -0.4 is 5.32 Å². The van der Waals surface area contributed by atoms with Crippen molar-refractivity contribution in [3.8, 4) is 0 Å². The van der Waals surface area contributed by atoms with Gasteiger partial charge in [0.1, 0.15) is 6.61 Å². The Labute approximate surface area is 169 Å². The van der Waals surface area contributed by atoms with Gasteiger partial charge in [-0.1, -0.05) is 42.5 Å². The van der Waals surface area contributed by atoms with Gasteiger partial charge >= 0.3 is 6.09 Å². The molecule has 4 atom stereocenters. The first-order valence-electron chi connectivity index (χ1n) is 10.2. The van der Waals surface area contributed by atoms with Crippen LogP contribution >= 0.6 is 0 Å². The normalized spacial score (nSPS) is 31.6. The number of hydrogen-bond donors (Lipinski definition) is 1. The molecule has 4 fully saturated rings. The lowest BCUT2D eigenvalue weighted by Gasteiger charge is -2.41. The van der Waals surface area contributed by atoms with E-state index in [0.717, 1.165) is 37.7 Å². The molecule has 0 saturated heterocycles. The van der Waals surface area contributed by atoms with Crippen LogP contribution in [0.5, 0.6) is 0 Å². The Morgan fingerprint density at radius 3 is 2.59 bits per heavy atom. The number of nitro groups is 1. The average Bonchev–Trinajstić information content (AvgIpc) is 3.09. The monoisotopic (exact) mass is 392 g/mol. The fourth-order valence-electron chi connectivity index (χ4n) is 6.33. The van der Waals surface area contributed by atoms with Gasteiger partial charge in [0.25, 0.3) is 5.69 Å². The third-order valence-corrected chi connectivity index (χ3v) is 7.28. The van der Waals surface area contributed by atoms with Crippen LogP contribution in [0, 0.1) is 22.0 Å². The minimum Gasteiger partial charge on any atom is -0.445 e. The molecule has 0 aliphatic heterocycles. The molecule has 2 aromatic carbocycles. The summed E-state index contributed by atoms with van der Waals surface area (Å²) in [6, 6.07) is 16.7. The second-order valence-corrected chi connectivity index (χ2v) is 9.01. The van der Waals surface area contributed by atoms with E-state index < -0.39 is 0 Å². The molecule has 6 heteroatoms. The Bertz CT molecular complexity index is 945. The third kappa shape index (κ3) is 3.07. The van der Waals surface area contributed by atoms with Gasteiger partial charge in [0.2, 0.25) is 0 Å². The molecule has 4 unspecified atom stereocenters. The second-order valence-electron chi connectivity index (χ2n) is 9.01. The van der Waals surface area contributed by atoms with Crippen molar-refractivity contribution in [2.75, 3.05) is 0 Å². The molecule has 4 saturated carbocycles. The maximum absolute atomic E-state index is 12.6. The number of amides is 1. The first-order valence-corrected chi connectivity index (χ1v) is 10.2. The van der Waals surface area contributed by atoms with E-state index in [0.29, 0.717) is 11.8 Å². The topological polar surface area (TPSA) is 81.5 Å². The predicted octanol–water partition coefficient (Wildman–Crippen LogP) is 4.72. The van der Waals surface area contributed by atoms with Gasteiger partial charge in [0, 0.05) is 17.7 Å². The van der Waals surface area contributed by atoms with E-state index in [4.69, 9.17) is 4.74 Å². The summed E-state index contributed by atoms with van der Waals surface area (Å²) in [6.07, 6.45) is 4.82. The first kappa shape index (κ1) is 18.2. The lowest BCUT2D eigenvalue weighted by atomic mass is 9.65. The molecule has 6 rings (SSSR count). The number of nitrogens with one attached hydrogen (secondary N) is 1. The number of nitrogens with zero attached hydrogens (tertiary/aromatic N) is 1. The fourth-order valence-corrected chi connectivity index (χ4v) is 6.33. The van der Waals surface area contributed by atoms with E-state index in [1.807, 2.05) is 42.5 Å². The quantitative estimate of drug-likeness (QED) is 0.590. The third-order valence-electron chi connectivity index (χ3n) is 7.28. The predicted molar refractivity (Wildman–Crippen MR) is 107 cm³/mol. The van der Waals surface area contributed by atoms with Crippen LogP contribution in [0.25, 0.3) is 0 Å². The van der Waals surface area contributed by atoms with Gasteiger partial charge in [-0.05, 0) is 60.5 Å². The van der Waals surface area contributed by atoms with E-state index in [-0.39, 0.29) is 34.3 Å². The Morgan fingerprint density at radius 2 is 1.86 bits per heavy atom. The molecule has 0 aromatic heterocycles. The molecule has 1 N–H and O–H groups in total. The molecular weight excluding hydrogens is 368 g/mol. The van der Waals surface area contributed by atoms with Crippen molar-refractivity contribution in [2.45, 2.75) is 49.7 Å². The second kappa shape index (κ2) is 6.58.